The quantitative estimate of drug-likeness (QED) is 0.211. The number of nitro groups is 1. The predicted molar refractivity (Wildman–Crippen MR) is 149 cm³/mol. The lowest BCUT2D eigenvalue weighted by atomic mass is 10.1. The molecule has 0 radical (unpaired) electrons. The minimum atomic E-state index is -4.56. The van der Waals surface area contributed by atoms with Crippen LogP contribution in [0.2, 0.25) is 5.02 Å². The van der Waals surface area contributed by atoms with Crippen LogP contribution in [-0.4, -0.2) is 42.1 Å². The molecule has 0 bridgehead atoms. The molecule has 1 N–H and O–H groups in total. The summed E-state index contributed by atoms with van der Waals surface area (Å²) < 4.78 is 43.8. The Balaban J connectivity index is 1.71. The van der Waals surface area contributed by atoms with E-state index in [1.54, 1.807) is 32.0 Å². The fourth-order valence-corrected chi connectivity index (χ4v) is 5.83. The lowest BCUT2D eigenvalue weighted by Crippen LogP contribution is -2.41. The van der Waals surface area contributed by atoms with E-state index in [4.69, 9.17) is 11.6 Å². The van der Waals surface area contributed by atoms with E-state index in [0.717, 1.165) is 15.9 Å². The summed E-state index contributed by atoms with van der Waals surface area (Å²) in [6.07, 6.45) is 0.396. The highest BCUT2D eigenvalue weighted by molar-refractivity contribution is 7.93. The molecule has 0 aliphatic rings. The van der Waals surface area contributed by atoms with Gasteiger partial charge in [-0.05, 0) is 74.4 Å². The lowest BCUT2D eigenvalue weighted by molar-refractivity contribution is -0.385. The number of carbonyl (C=O) groups is 1. The first kappa shape index (κ1) is 28.7. The Bertz CT molecular complexity index is 1660. The van der Waals surface area contributed by atoms with Gasteiger partial charge in [0.1, 0.15) is 17.3 Å². The van der Waals surface area contributed by atoms with E-state index < -0.39 is 38.0 Å². The number of nitro benzene ring substituents is 1. The molecule has 10 nitrogen and oxygen atoms in total. The number of hydrogen-bond donors (Lipinski definition) is 1. The highest BCUT2D eigenvalue weighted by atomic mass is 35.5. The number of nitrogens with one attached hydrogen (secondary N) is 1. The minimum Gasteiger partial charge on any atom is -0.354 e. The van der Waals surface area contributed by atoms with E-state index in [1.165, 1.54) is 53.2 Å². The minimum absolute atomic E-state index is 0.0897. The SMILES string of the molecule is Cc1cc(C)n(-c2ccc([N+](=O)[O-])cc2S(=O)(=O)N(CC(=O)NCCc2ccc(F)cc2)c2ccc(Cl)cc2)n1. The van der Waals surface area contributed by atoms with E-state index in [-0.39, 0.29) is 23.7 Å². The van der Waals surface area contributed by atoms with Crippen molar-refractivity contribution in [2.24, 2.45) is 0 Å². The van der Waals surface area contributed by atoms with Crippen LogP contribution in [0.25, 0.3) is 5.69 Å². The first-order valence-electron chi connectivity index (χ1n) is 12.1. The molecule has 0 atom stereocenters. The van der Waals surface area contributed by atoms with Crippen molar-refractivity contribution in [3.05, 3.63) is 111 Å². The number of non-ortho nitro benzene ring substituents is 1. The number of benzene rings is 3. The molecule has 0 unspecified atom stereocenters. The number of amides is 1. The predicted octanol–water partition coefficient (Wildman–Crippen LogP) is 4.74. The van der Waals surface area contributed by atoms with Crippen molar-refractivity contribution in [1.82, 2.24) is 15.1 Å². The molecule has 0 saturated heterocycles. The van der Waals surface area contributed by atoms with Crippen LogP contribution in [0.5, 0.6) is 0 Å². The van der Waals surface area contributed by atoms with E-state index in [9.17, 15) is 27.7 Å². The van der Waals surface area contributed by atoms with Crippen molar-refractivity contribution in [2.45, 2.75) is 25.2 Å². The van der Waals surface area contributed by atoms with Gasteiger partial charge in [0.2, 0.25) is 5.91 Å². The second kappa shape index (κ2) is 11.8. The molecule has 1 amide bonds. The number of nitrogens with zero attached hydrogens (tertiary/aromatic N) is 4. The number of sulfonamides is 1. The first-order valence-corrected chi connectivity index (χ1v) is 13.9. The Labute approximate surface area is 235 Å². The van der Waals surface area contributed by atoms with Gasteiger partial charge in [0.15, 0.2) is 0 Å². The molecule has 0 aliphatic carbocycles. The van der Waals surface area contributed by atoms with Crippen LogP contribution in [0.4, 0.5) is 15.8 Å². The molecule has 208 valence electrons. The van der Waals surface area contributed by atoms with Crippen molar-refractivity contribution < 1.29 is 22.5 Å². The summed E-state index contributed by atoms with van der Waals surface area (Å²) in [5.41, 5.74) is 1.79. The summed E-state index contributed by atoms with van der Waals surface area (Å²) in [5.74, 6) is -0.990. The second-order valence-corrected chi connectivity index (χ2v) is 11.2. The molecule has 4 aromatic rings. The number of hydrogen-bond acceptors (Lipinski definition) is 6. The van der Waals surface area contributed by atoms with Gasteiger partial charge in [0, 0.05) is 29.4 Å². The highest BCUT2D eigenvalue weighted by Crippen LogP contribution is 2.32. The van der Waals surface area contributed by atoms with Crippen molar-refractivity contribution in [1.29, 1.82) is 0 Å². The smallest absolute Gasteiger partial charge is 0.270 e. The number of anilines is 1. The van der Waals surface area contributed by atoms with Crippen LogP contribution in [0.1, 0.15) is 17.0 Å². The average molecular weight is 586 g/mol. The monoisotopic (exact) mass is 585 g/mol. The van der Waals surface area contributed by atoms with Gasteiger partial charge in [-0.15, -0.1) is 0 Å². The summed E-state index contributed by atoms with van der Waals surface area (Å²) in [6, 6.07) is 16.8. The van der Waals surface area contributed by atoms with Crippen molar-refractivity contribution in [2.75, 3.05) is 17.4 Å². The summed E-state index contributed by atoms with van der Waals surface area (Å²) in [6.45, 7) is 3.02. The molecular formula is C27H25ClFN5O5S. The summed E-state index contributed by atoms with van der Waals surface area (Å²) in [5, 5.41) is 19.0. The fraction of sp³-hybridized carbons (Fsp3) is 0.185. The van der Waals surface area contributed by atoms with Crippen LogP contribution >= 0.6 is 11.6 Å². The largest absolute Gasteiger partial charge is 0.354 e. The lowest BCUT2D eigenvalue weighted by Gasteiger charge is -2.25. The van der Waals surface area contributed by atoms with Crippen LogP contribution in [-0.2, 0) is 21.2 Å². The van der Waals surface area contributed by atoms with Gasteiger partial charge in [-0.2, -0.15) is 5.10 Å². The Hall–Kier alpha value is -4.29. The van der Waals surface area contributed by atoms with E-state index >= 15 is 0 Å². The molecule has 1 heterocycles. The van der Waals surface area contributed by atoms with Gasteiger partial charge in [-0.25, -0.2) is 17.5 Å². The molecule has 0 saturated carbocycles. The van der Waals surface area contributed by atoms with Crippen LogP contribution in [0.3, 0.4) is 0 Å². The zero-order valence-corrected chi connectivity index (χ0v) is 23.1. The molecule has 0 fully saturated rings. The molecule has 0 spiro atoms. The zero-order valence-electron chi connectivity index (χ0n) is 21.5. The first-order chi connectivity index (χ1) is 19.0. The maximum atomic E-state index is 14.2. The van der Waals surface area contributed by atoms with Gasteiger partial charge in [-0.1, -0.05) is 23.7 Å². The third kappa shape index (κ3) is 6.46. The van der Waals surface area contributed by atoms with Crippen LogP contribution < -0.4 is 9.62 Å². The standard InChI is InChI=1S/C27H25ClFN5O5S/c1-18-15-19(2)33(31-18)25-12-11-24(34(36)37)16-26(25)40(38,39)32(23-9-5-21(28)6-10-23)17-27(35)30-14-13-20-3-7-22(29)8-4-20/h3-12,15-16H,13-14,17H2,1-2H3,(H,30,35). The van der Waals surface area contributed by atoms with E-state index in [1.807, 2.05) is 0 Å². The van der Waals surface area contributed by atoms with E-state index in [0.29, 0.717) is 22.8 Å². The molecule has 0 aliphatic heterocycles. The molecule has 3 aromatic carbocycles. The van der Waals surface area contributed by atoms with Crippen molar-refractivity contribution in [3.8, 4) is 5.69 Å². The summed E-state index contributed by atoms with van der Waals surface area (Å²) in [7, 11) is -4.56. The van der Waals surface area contributed by atoms with Crippen molar-refractivity contribution >= 4 is 38.9 Å². The van der Waals surface area contributed by atoms with Gasteiger partial charge >= 0.3 is 0 Å². The Morgan fingerprint density at radius 2 is 1.75 bits per heavy atom. The molecular weight excluding hydrogens is 561 g/mol. The maximum Gasteiger partial charge on any atom is 0.270 e. The van der Waals surface area contributed by atoms with Gasteiger partial charge in [0.05, 0.1) is 22.0 Å². The zero-order chi connectivity index (χ0) is 29.0. The second-order valence-electron chi connectivity index (χ2n) is 8.96. The third-order valence-corrected chi connectivity index (χ3v) is 8.07. The number of rotatable bonds is 10. The molecule has 13 heteroatoms. The molecule has 40 heavy (non-hydrogen) atoms. The normalized spacial score (nSPS) is 11.3. The summed E-state index contributed by atoms with van der Waals surface area (Å²) in [4.78, 5) is 23.5. The van der Waals surface area contributed by atoms with Crippen molar-refractivity contribution in [3.63, 3.8) is 0 Å². The van der Waals surface area contributed by atoms with E-state index in [2.05, 4.69) is 10.4 Å². The topological polar surface area (TPSA) is 127 Å². The number of halogens is 2. The fourth-order valence-electron chi connectivity index (χ4n) is 4.10. The Kier molecular flexibility index (Phi) is 8.50. The highest BCUT2D eigenvalue weighted by Gasteiger charge is 2.32. The van der Waals surface area contributed by atoms with Gasteiger partial charge in [0.25, 0.3) is 15.7 Å². The molecule has 4 rings (SSSR count). The van der Waals surface area contributed by atoms with Crippen LogP contribution in [0.15, 0.2) is 77.7 Å². The van der Waals surface area contributed by atoms with Gasteiger partial charge in [-0.3, -0.25) is 19.2 Å². The Morgan fingerprint density at radius 1 is 1.07 bits per heavy atom. The average Bonchev–Trinajstić information content (AvgIpc) is 3.26. The number of carbonyl (C=O) groups excluding carboxylic acids is 1. The Morgan fingerprint density at radius 3 is 2.35 bits per heavy atom. The maximum absolute atomic E-state index is 14.2. The number of aryl methyl sites for hydroxylation is 2. The number of aromatic nitrogens is 2. The third-order valence-electron chi connectivity index (χ3n) is 6.01. The van der Waals surface area contributed by atoms with Gasteiger partial charge < -0.3 is 5.32 Å². The molecule has 1 aromatic heterocycles. The van der Waals surface area contributed by atoms with Crippen LogP contribution in [0, 0.1) is 29.8 Å². The summed E-state index contributed by atoms with van der Waals surface area (Å²) >= 11 is 6.01.